The third-order valence-corrected chi connectivity index (χ3v) is 12.5. The predicted molar refractivity (Wildman–Crippen MR) is 279 cm³/mol. The highest BCUT2D eigenvalue weighted by Gasteiger charge is 2.36. The number of hydrogen-bond donors (Lipinski definition) is 15. The van der Waals surface area contributed by atoms with Crippen molar-refractivity contribution in [3.8, 4) is 0 Å². The van der Waals surface area contributed by atoms with Crippen molar-refractivity contribution in [3.05, 3.63) is 36.0 Å². The molecule has 76 heavy (non-hydrogen) atoms. The number of unbranched alkanes of at least 4 members (excludes halogenated alkanes) is 1. The number of hydrogen-bond acceptors (Lipinski definition) is 14. The third kappa shape index (κ3) is 22.0. The van der Waals surface area contributed by atoms with Crippen LogP contribution in [0.5, 0.6) is 0 Å². The summed E-state index contributed by atoms with van der Waals surface area (Å²) in [7, 11) is 0. The quantitative estimate of drug-likeness (QED) is 0.0315. The molecule has 1 aromatic carbocycles. The van der Waals surface area contributed by atoms with Gasteiger partial charge < -0.3 is 80.7 Å². The Kier molecular flexibility index (Phi) is 27.6. The van der Waals surface area contributed by atoms with Crippen molar-refractivity contribution in [2.24, 2.45) is 40.7 Å². The lowest BCUT2D eigenvalue weighted by molar-refractivity contribution is -0.142. The molecular weight excluding hydrogens is 991 g/mol. The van der Waals surface area contributed by atoms with E-state index >= 15 is 0 Å². The van der Waals surface area contributed by atoms with Crippen LogP contribution >= 0.6 is 0 Å². The molecule has 2 aromatic rings. The van der Waals surface area contributed by atoms with Crippen LogP contribution in [0.1, 0.15) is 112 Å². The van der Waals surface area contributed by atoms with E-state index in [9.17, 15) is 63.0 Å². The van der Waals surface area contributed by atoms with Crippen LogP contribution in [0.3, 0.4) is 0 Å². The van der Waals surface area contributed by atoms with Gasteiger partial charge in [0, 0.05) is 36.4 Å². The summed E-state index contributed by atoms with van der Waals surface area (Å²) in [6, 6.07) is -3.66. The second-order valence-electron chi connectivity index (χ2n) is 19.8. The van der Waals surface area contributed by atoms with Gasteiger partial charge >= 0.3 is 5.97 Å². The average Bonchev–Trinajstić information content (AvgIpc) is 3.76. The number of nitrogens with two attached hydrogens (primary N) is 4. The van der Waals surface area contributed by atoms with Gasteiger partial charge in [-0.3, -0.25) is 47.9 Å². The first-order chi connectivity index (χ1) is 35.7. The lowest BCUT2D eigenvalue weighted by atomic mass is 9.97. The molecule has 26 nitrogen and oxygen atoms in total. The van der Waals surface area contributed by atoms with Crippen LogP contribution in [0.15, 0.2) is 30.5 Å². The lowest BCUT2D eigenvalue weighted by Gasteiger charge is -2.29. The molecule has 424 valence electrons. The van der Waals surface area contributed by atoms with E-state index in [-0.39, 0.29) is 57.4 Å². The summed E-state index contributed by atoms with van der Waals surface area (Å²) in [4.78, 5) is 147. The van der Waals surface area contributed by atoms with Crippen molar-refractivity contribution in [2.45, 2.75) is 167 Å². The van der Waals surface area contributed by atoms with E-state index in [4.69, 9.17) is 22.9 Å². The number of carbonyl (C=O) groups is 11. The van der Waals surface area contributed by atoms with Crippen molar-refractivity contribution in [3.63, 3.8) is 0 Å². The topological polar surface area (TPSA) is 444 Å². The van der Waals surface area contributed by atoms with Gasteiger partial charge in [0.15, 0.2) is 0 Å². The minimum Gasteiger partial charge on any atom is -0.480 e. The summed E-state index contributed by atoms with van der Waals surface area (Å²) >= 11 is 0. The minimum absolute atomic E-state index is 0.0507. The fourth-order valence-corrected chi connectivity index (χ4v) is 7.90. The molecule has 0 bridgehead atoms. The number of aliphatic hydroxyl groups is 1. The Balaban J connectivity index is 2.36. The van der Waals surface area contributed by atoms with Crippen molar-refractivity contribution in [2.75, 3.05) is 13.1 Å². The highest BCUT2D eigenvalue weighted by atomic mass is 16.4. The van der Waals surface area contributed by atoms with E-state index < -0.39 is 138 Å². The molecular formula is C50H81N13O13. The number of rotatable bonds is 35. The predicted octanol–water partition coefficient (Wildman–Crippen LogP) is -2.58. The summed E-state index contributed by atoms with van der Waals surface area (Å²) in [6.45, 7) is 11.0. The molecule has 10 atom stereocenters. The molecule has 1 heterocycles. The first-order valence-corrected chi connectivity index (χ1v) is 25.6. The van der Waals surface area contributed by atoms with E-state index in [2.05, 4.69) is 47.5 Å². The zero-order valence-corrected chi connectivity index (χ0v) is 44.5. The monoisotopic (exact) mass is 1070 g/mol. The zero-order valence-electron chi connectivity index (χ0n) is 44.5. The number of amides is 10. The molecule has 0 fully saturated rings. The van der Waals surface area contributed by atoms with E-state index in [1.54, 1.807) is 72.0 Å². The Labute approximate surface area is 442 Å². The number of nitrogens with one attached hydrogen (secondary N) is 9. The molecule has 0 radical (unpaired) electrons. The molecule has 10 amide bonds. The summed E-state index contributed by atoms with van der Waals surface area (Å²) in [6.07, 6.45) is 0.458. The SMILES string of the molecule is CC[C@H](C)[C@H](NC(=O)CNC(=O)[C@H](Cc1c[nH]c2ccccc12)NC(=O)[C@@H](NC(=O)[C@@H](NC(=O)[C@H](CC(C)C)NC(=O)[C@@H](N)CCC(N)=O)[C@@H](C)O)C(C)C)C(=O)N[C@@H](CCCCN)C(=O)N[C@@H](CCC(N)=O)C(=O)O. The molecule has 0 aliphatic rings. The van der Waals surface area contributed by atoms with Gasteiger partial charge in [0.05, 0.1) is 18.7 Å². The van der Waals surface area contributed by atoms with Crippen LogP contribution in [-0.4, -0.2) is 148 Å². The van der Waals surface area contributed by atoms with Crippen molar-refractivity contribution >= 4 is 75.9 Å². The standard InChI is InChI=1S/C50H81N13O13/c1-8-27(6)41(48(73)57-33(15-11-12-20-51)45(70)58-34(50(75)76)17-19-38(54)66)61-39(67)24-56-44(69)36(22-29-23-55-32-14-10-9-13-30(29)32)60-47(72)40(26(4)5)62-49(74)42(28(7)64)63-46(71)35(21-25(2)3)59-43(68)31(52)16-18-37(53)65/h9-10,13-14,23,25-28,31,33-36,40-42,55,64H,8,11-12,15-22,24,51-52H2,1-7H3,(H2,53,65)(H2,54,66)(H,56,69)(H,57,73)(H,58,70)(H,59,68)(H,60,72)(H,61,67)(H,62,74)(H,63,71)(H,75,76)/t27-,28+,31-,33-,34-,35-,36-,40-,41-,42-/m0/s1. The minimum atomic E-state index is -1.65. The molecule has 0 aliphatic heterocycles. The molecule has 0 saturated carbocycles. The number of primary amides is 2. The van der Waals surface area contributed by atoms with Gasteiger partial charge in [-0.25, -0.2) is 4.79 Å². The van der Waals surface area contributed by atoms with Crippen molar-refractivity contribution in [1.29, 1.82) is 0 Å². The summed E-state index contributed by atoms with van der Waals surface area (Å²) in [5.74, 6) is -10.9. The molecule has 19 N–H and O–H groups in total. The van der Waals surface area contributed by atoms with Gasteiger partial charge in [0.25, 0.3) is 0 Å². The largest absolute Gasteiger partial charge is 0.480 e. The number of aromatic nitrogens is 1. The van der Waals surface area contributed by atoms with E-state index in [1.165, 1.54) is 6.92 Å². The van der Waals surface area contributed by atoms with E-state index in [0.717, 1.165) is 10.9 Å². The fraction of sp³-hybridized carbons (Fsp3) is 0.620. The third-order valence-electron chi connectivity index (χ3n) is 12.5. The van der Waals surface area contributed by atoms with Gasteiger partial charge in [-0.05, 0) is 81.4 Å². The fourth-order valence-electron chi connectivity index (χ4n) is 7.90. The van der Waals surface area contributed by atoms with Crippen molar-refractivity contribution in [1.82, 2.24) is 47.5 Å². The first-order valence-electron chi connectivity index (χ1n) is 25.6. The number of aliphatic carboxylic acids is 1. The molecule has 0 saturated heterocycles. The number of aliphatic hydroxyl groups excluding tert-OH is 1. The van der Waals surface area contributed by atoms with Gasteiger partial charge in [-0.15, -0.1) is 0 Å². The van der Waals surface area contributed by atoms with E-state index in [0.29, 0.717) is 24.8 Å². The maximum absolute atomic E-state index is 14.2. The molecule has 0 aliphatic carbocycles. The number of H-pyrrole nitrogens is 1. The number of fused-ring (bicyclic) bond motifs is 1. The zero-order chi connectivity index (χ0) is 57.4. The molecule has 0 unspecified atom stereocenters. The van der Waals surface area contributed by atoms with Gasteiger partial charge in [-0.1, -0.05) is 66.2 Å². The Morgan fingerprint density at radius 1 is 0.618 bits per heavy atom. The average molecular weight is 1070 g/mol. The second-order valence-corrected chi connectivity index (χ2v) is 19.8. The normalized spacial score (nSPS) is 15.3. The smallest absolute Gasteiger partial charge is 0.326 e. The number of carboxylic acid groups (broad SMARTS) is 1. The highest BCUT2D eigenvalue weighted by molar-refractivity contribution is 5.98. The number of benzene rings is 1. The van der Waals surface area contributed by atoms with Crippen LogP contribution in [0.2, 0.25) is 0 Å². The van der Waals surface area contributed by atoms with E-state index in [1.807, 2.05) is 0 Å². The number of aromatic amines is 1. The Hall–Kier alpha value is -7.19. The van der Waals surface area contributed by atoms with Crippen LogP contribution in [0.25, 0.3) is 10.9 Å². The molecule has 1 aromatic heterocycles. The van der Waals surface area contributed by atoms with Crippen LogP contribution < -0.4 is 65.5 Å². The van der Waals surface area contributed by atoms with Gasteiger partial charge in [-0.2, -0.15) is 0 Å². The Morgan fingerprint density at radius 3 is 1.75 bits per heavy atom. The number of para-hydroxylation sites is 1. The first kappa shape index (κ1) is 64.9. The van der Waals surface area contributed by atoms with Crippen molar-refractivity contribution < 1.29 is 63.0 Å². The maximum atomic E-state index is 14.2. The lowest BCUT2D eigenvalue weighted by Crippen LogP contribution is -2.62. The van der Waals surface area contributed by atoms with Crippen LogP contribution in [0, 0.1) is 17.8 Å². The molecule has 26 heteroatoms. The maximum Gasteiger partial charge on any atom is 0.326 e. The van der Waals surface area contributed by atoms with Crippen LogP contribution in [0.4, 0.5) is 0 Å². The Bertz CT molecular complexity index is 2320. The number of carbonyl (C=O) groups excluding carboxylic acids is 10. The summed E-state index contributed by atoms with van der Waals surface area (Å²) < 4.78 is 0. The summed E-state index contributed by atoms with van der Waals surface area (Å²) in [5.41, 5.74) is 23.2. The van der Waals surface area contributed by atoms with Gasteiger partial charge in [0.2, 0.25) is 59.1 Å². The summed E-state index contributed by atoms with van der Waals surface area (Å²) in [5, 5.41) is 41.5. The molecule has 0 spiro atoms. The Morgan fingerprint density at radius 2 is 1.17 bits per heavy atom. The highest BCUT2D eigenvalue weighted by Crippen LogP contribution is 2.20. The number of carboxylic acids is 1. The molecule has 2 rings (SSSR count). The van der Waals surface area contributed by atoms with Gasteiger partial charge in [0.1, 0.15) is 42.3 Å². The van der Waals surface area contributed by atoms with Crippen LogP contribution in [-0.2, 0) is 59.2 Å². The second kappa shape index (κ2) is 32.3.